The fourth-order valence-electron chi connectivity index (χ4n) is 2.92. The minimum absolute atomic E-state index is 0.292. The van der Waals surface area contributed by atoms with Crippen LogP contribution in [0.25, 0.3) is 0 Å². The van der Waals surface area contributed by atoms with Crippen molar-refractivity contribution in [2.75, 3.05) is 0 Å². The highest BCUT2D eigenvalue weighted by Gasteiger charge is 2.38. The highest BCUT2D eigenvalue weighted by Crippen LogP contribution is 2.26. The van der Waals surface area contributed by atoms with E-state index in [0.29, 0.717) is 17.9 Å². The Morgan fingerprint density at radius 2 is 1.52 bits per heavy atom. The van der Waals surface area contributed by atoms with Crippen LogP contribution in [0.15, 0.2) is 24.7 Å². The Balaban J connectivity index is 2.50. The molecule has 0 radical (unpaired) electrons. The van der Waals surface area contributed by atoms with E-state index in [9.17, 15) is 4.79 Å². The summed E-state index contributed by atoms with van der Waals surface area (Å²) in [5, 5.41) is 9.06. The van der Waals surface area contributed by atoms with Crippen molar-refractivity contribution in [3.8, 4) is 0 Å². The SMILES string of the molecule is C=C1OB(c2c(C)c(C)c(CC(N)C(=O)O)c(C)c2C)OC1=C. The Labute approximate surface area is 136 Å². The molecule has 1 saturated heterocycles. The first-order chi connectivity index (χ1) is 10.6. The average Bonchev–Trinajstić information content (AvgIpc) is 2.80. The van der Waals surface area contributed by atoms with E-state index in [1.165, 1.54) is 0 Å². The van der Waals surface area contributed by atoms with Crippen molar-refractivity contribution in [3.63, 3.8) is 0 Å². The first-order valence-electron chi connectivity index (χ1n) is 7.44. The summed E-state index contributed by atoms with van der Waals surface area (Å²) in [6.45, 7) is 15.4. The molecule has 0 aromatic heterocycles. The maximum Gasteiger partial charge on any atom is 0.633 e. The molecule has 6 heteroatoms. The Hall–Kier alpha value is -2.21. The lowest BCUT2D eigenvalue weighted by Gasteiger charge is -2.22. The van der Waals surface area contributed by atoms with Crippen LogP contribution >= 0.6 is 0 Å². The summed E-state index contributed by atoms with van der Waals surface area (Å²) in [6.07, 6.45) is 0.292. The molecule has 1 aromatic rings. The fraction of sp³-hybridized carbons (Fsp3) is 0.353. The standard InChI is InChI=1S/C17H22BNO4/c1-8-10(3)16(18-22-12(5)13(6)23-18)11(4)9(2)14(8)7-15(19)17(20)21/h15H,5-7,19H2,1-4H3,(H,20,21). The van der Waals surface area contributed by atoms with Gasteiger partial charge in [-0.15, -0.1) is 0 Å². The molecule has 0 bridgehead atoms. The van der Waals surface area contributed by atoms with Crippen LogP contribution in [0.2, 0.25) is 0 Å². The molecule has 1 fully saturated rings. The van der Waals surface area contributed by atoms with Crippen LogP contribution in [0.3, 0.4) is 0 Å². The largest absolute Gasteiger partial charge is 0.633 e. The Morgan fingerprint density at radius 3 is 1.91 bits per heavy atom. The second-order valence-electron chi connectivity index (χ2n) is 5.96. The van der Waals surface area contributed by atoms with Gasteiger partial charge in [-0.05, 0) is 61.9 Å². The molecular weight excluding hydrogens is 293 g/mol. The molecule has 5 nitrogen and oxygen atoms in total. The second kappa shape index (κ2) is 6.12. The van der Waals surface area contributed by atoms with Crippen molar-refractivity contribution in [1.29, 1.82) is 0 Å². The van der Waals surface area contributed by atoms with Crippen LogP contribution in [0, 0.1) is 27.7 Å². The highest BCUT2D eigenvalue weighted by molar-refractivity contribution is 6.63. The van der Waals surface area contributed by atoms with E-state index < -0.39 is 19.1 Å². The lowest BCUT2D eigenvalue weighted by molar-refractivity contribution is -0.138. The molecule has 0 aliphatic carbocycles. The van der Waals surface area contributed by atoms with Crippen molar-refractivity contribution in [3.05, 3.63) is 52.5 Å². The van der Waals surface area contributed by atoms with Crippen molar-refractivity contribution in [2.45, 2.75) is 40.2 Å². The van der Waals surface area contributed by atoms with Gasteiger partial charge in [0.1, 0.15) is 17.6 Å². The third-order valence-electron chi connectivity index (χ3n) is 4.62. The smallest absolute Gasteiger partial charge is 0.520 e. The molecule has 23 heavy (non-hydrogen) atoms. The molecule has 0 amide bonds. The van der Waals surface area contributed by atoms with Gasteiger partial charge in [0, 0.05) is 5.46 Å². The van der Waals surface area contributed by atoms with Gasteiger partial charge in [-0.25, -0.2) is 0 Å². The molecule has 1 aromatic carbocycles. The monoisotopic (exact) mass is 315 g/mol. The first kappa shape index (κ1) is 17.2. The molecule has 2 rings (SSSR count). The van der Waals surface area contributed by atoms with E-state index in [4.69, 9.17) is 20.1 Å². The fourth-order valence-corrected chi connectivity index (χ4v) is 2.92. The molecule has 122 valence electrons. The van der Waals surface area contributed by atoms with Gasteiger partial charge in [0.05, 0.1) is 0 Å². The Kier molecular flexibility index (Phi) is 4.57. The molecule has 1 atom stereocenters. The summed E-state index contributed by atoms with van der Waals surface area (Å²) in [4.78, 5) is 11.1. The van der Waals surface area contributed by atoms with E-state index in [1.54, 1.807) is 0 Å². The van der Waals surface area contributed by atoms with Crippen LogP contribution in [0.1, 0.15) is 27.8 Å². The quantitative estimate of drug-likeness (QED) is 0.826. The zero-order valence-corrected chi connectivity index (χ0v) is 14.0. The van der Waals surface area contributed by atoms with E-state index in [-0.39, 0.29) is 0 Å². The predicted octanol–water partition coefficient (Wildman–Crippen LogP) is 1.64. The summed E-state index contributed by atoms with van der Waals surface area (Å²) in [5.41, 5.74) is 11.6. The summed E-state index contributed by atoms with van der Waals surface area (Å²) < 4.78 is 11.3. The minimum atomic E-state index is -1.00. The van der Waals surface area contributed by atoms with Gasteiger partial charge in [0.25, 0.3) is 0 Å². The zero-order valence-electron chi connectivity index (χ0n) is 14.0. The lowest BCUT2D eigenvalue weighted by atomic mass is 9.70. The van der Waals surface area contributed by atoms with E-state index in [2.05, 4.69) is 13.2 Å². The molecule has 0 spiro atoms. The number of hydrogen-bond donors (Lipinski definition) is 2. The maximum absolute atomic E-state index is 11.1. The summed E-state index contributed by atoms with van der Waals surface area (Å²) >= 11 is 0. The van der Waals surface area contributed by atoms with Gasteiger partial charge in [-0.3, -0.25) is 4.79 Å². The molecule has 0 saturated carbocycles. The van der Waals surface area contributed by atoms with Crippen molar-refractivity contribution in [2.24, 2.45) is 5.73 Å². The highest BCUT2D eigenvalue weighted by atomic mass is 16.6. The second-order valence-corrected chi connectivity index (χ2v) is 5.96. The number of hydrogen-bond acceptors (Lipinski definition) is 4. The number of carboxylic acids is 1. The first-order valence-corrected chi connectivity index (χ1v) is 7.44. The van der Waals surface area contributed by atoms with Crippen LogP contribution in [-0.4, -0.2) is 24.2 Å². The minimum Gasteiger partial charge on any atom is -0.520 e. The van der Waals surface area contributed by atoms with E-state index in [1.807, 2.05) is 27.7 Å². The third kappa shape index (κ3) is 2.99. The Bertz CT molecular complexity index is 666. The summed E-state index contributed by atoms with van der Waals surface area (Å²) in [5.74, 6) is -0.139. The van der Waals surface area contributed by atoms with Gasteiger partial charge in [0.15, 0.2) is 0 Å². The number of carbonyl (C=O) groups is 1. The number of aliphatic carboxylic acids is 1. The van der Waals surface area contributed by atoms with E-state index >= 15 is 0 Å². The van der Waals surface area contributed by atoms with E-state index in [0.717, 1.165) is 33.3 Å². The zero-order chi connectivity index (χ0) is 17.5. The number of carboxylic acid groups (broad SMARTS) is 1. The molecule has 1 aliphatic heterocycles. The van der Waals surface area contributed by atoms with Crippen LogP contribution in [-0.2, 0) is 20.5 Å². The average molecular weight is 315 g/mol. The topological polar surface area (TPSA) is 81.8 Å². The molecule has 1 unspecified atom stereocenters. The van der Waals surface area contributed by atoms with Crippen LogP contribution in [0.4, 0.5) is 0 Å². The van der Waals surface area contributed by atoms with Gasteiger partial charge < -0.3 is 20.1 Å². The number of nitrogens with two attached hydrogens (primary N) is 1. The number of rotatable bonds is 4. The molecular formula is C17H22BNO4. The van der Waals surface area contributed by atoms with Gasteiger partial charge >= 0.3 is 13.1 Å². The van der Waals surface area contributed by atoms with Crippen molar-refractivity contribution < 1.29 is 19.2 Å². The van der Waals surface area contributed by atoms with Crippen LogP contribution in [0.5, 0.6) is 0 Å². The van der Waals surface area contributed by atoms with Gasteiger partial charge in [-0.2, -0.15) is 0 Å². The summed E-state index contributed by atoms with van der Waals surface area (Å²) in [6, 6.07) is -0.921. The van der Waals surface area contributed by atoms with Crippen molar-refractivity contribution >= 4 is 18.6 Å². The normalized spacial score (nSPS) is 15.4. The molecule has 3 N–H and O–H groups in total. The van der Waals surface area contributed by atoms with Crippen molar-refractivity contribution in [1.82, 2.24) is 0 Å². The Morgan fingerprint density at radius 1 is 1.09 bits per heavy atom. The molecule has 1 aliphatic rings. The molecule has 1 heterocycles. The summed E-state index contributed by atoms with van der Waals surface area (Å²) in [7, 11) is -0.561. The van der Waals surface area contributed by atoms with Gasteiger partial charge in [0.2, 0.25) is 0 Å². The van der Waals surface area contributed by atoms with Gasteiger partial charge in [-0.1, -0.05) is 13.2 Å². The lowest BCUT2D eigenvalue weighted by Crippen LogP contribution is -2.38. The van der Waals surface area contributed by atoms with Crippen LogP contribution < -0.4 is 11.2 Å². The predicted molar refractivity (Wildman–Crippen MR) is 90.5 cm³/mol. The number of benzene rings is 1. The third-order valence-corrected chi connectivity index (χ3v) is 4.62. The maximum atomic E-state index is 11.1.